The average molecular weight is 370 g/mol. The summed E-state index contributed by atoms with van der Waals surface area (Å²) >= 11 is 0. The summed E-state index contributed by atoms with van der Waals surface area (Å²) in [6, 6.07) is 16.7. The summed E-state index contributed by atoms with van der Waals surface area (Å²) in [6.07, 6.45) is 1.42. The van der Waals surface area contributed by atoms with Crippen molar-refractivity contribution in [3.63, 3.8) is 0 Å². The Morgan fingerprint density at radius 2 is 1.62 bits per heavy atom. The Morgan fingerprint density at radius 1 is 0.962 bits per heavy atom. The first-order valence-electron chi connectivity index (χ1n) is 7.62. The minimum atomic E-state index is -3.99. The molecule has 0 fully saturated rings. The standard InChI is InChI=1S/C18H14N2O5S/c21-17(14-7-2-1-3-8-14)13-26(24,25)18-11-6-12-19(18)15-9-4-5-10-16(15)20(22)23/h1-12H,13H2. The van der Waals surface area contributed by atoms with Gasteiger partial charge in [-0.2, -0.15) is 0 Å². The normalized spacial score (nSPS) is 11.2. The van der Waals surface area contributed by atoms with E-state index in [1.807, 2.05) is 0 Å². The number of Topliss-reactive ketones (excluding diaryl/α,β-unsaturated/α-hetero) is 1. The van der Waals surface area contributed by atoms with Crippen LogP contribution < -0.4 is 0 Å². The van der Waals surface area contributed by atoms with Crippen LogP contribution in [0, 0.1) is 10.1 Å². The van der Waals surface area contributed by atoms with Crippen LogP contribution in [-0.2, 0) is 9.84 Å². The molecule has 0 aliphatic rings. The van der Waals surface area contributed by atoms with Gasteiger partial charge in [-0.25, -0.2) is 8.42 Å². The van der Waals surface area contributed by atoms with Crippen molar-refractivity contribution in [3.8, 4) is 5.69 Å². The number of ketones is 1. The summed E-state index contributed by atoms with van der Waals surface area (Å²) in [4.78, 5) is 22.9. The Bertz CT molecular complexity index is 1070. The molecule has 0 bridgehead atoms. The zero-order valence-corrected chi connectivity index (χ0v) is 14.3. The summed E-state index contributed by atoms with van der Waals surface area (Å²) in [5, 5.41) is 11.1. The number of nitrogens with zero attached hydrogens (tertiary/aromatic N) is 2. The Hall–Kier alpha value is -3.26. The highest BCUT2D eigenvalue weighted by Gasteiger charge is 2.26. The minimum Gasteiger partial charge on any atom is -0.302 e. The lowest BCUT2D eigenvalue weighted by molar-refractivity contribution is -0.384. The number of sulfone groups is 1. The van der Waals surface area contributed by atoms with Gasteiger partial charge in [0.25, 0.3) is 5.69 Å². The monoisotopic (exact) mass is 370 g/mol. The van der Waals surface area contributed by atoms with Gasteiger partial charge >= 0.3 is 0 Å². The van der Waals surface area contributed by atoms with Gasteiger partial charge in [0.2, 0.25) is 9.84 Å². The van der Waals surface area contributed by atoms with E-state index in [1.54, 1.807) is 36.4 Å². The molecule has 8 heteroatoms. The predicted molar refractivity (Wildman–Crippen MR) is 95.2 cm³/mol. The highest BCUT2D eigenvalue weighted by atomic mass is 32.2. The SMILES string of the molecule is O=C(CS(=O)(=O)c1cccn1-c1ccccc1[N+](=O)[O-])c1ccccc1. The highest BCUT2D eigenvalue weighted by Crippen LogP contribution is 2.26. The van der Waals surface area contributed by atoms with Crippen molar-refractivity contribution >= 4 is 21.3 Å². The van der Waals surface area contributed by atoms with Gasteiger partial charge in [-0.3, -0.25) is 14.9 Å². The van der Waals surface area contributed by atoms with Crippen molar-refractivity contribution in [2.24, 2.45) is 0 Å². The van der Waals surface area contributed by atoms with Crippen LogP contribution in [0.1, 0.15) is 10.4 Å². The quantitative estimate of drug-likeness (QED) is 0.377. The van der Waals surface area contributed by atoms with E-state index in [0.29, 0.717) is 5.56 Å². The van der Waals surface area contributed by atoms with Crippen molar-refractivity contribution in [1.29, 1.82) is 0 Å². The van der Waals surface area contributed by atoms with Crippen LogP contribution in [0.25, 0.3) is 5.69 Å². The number of benzene rings is 2. The molecular formula is C18H14N2O5S. The summed E-state index contributed by atoms with van der Waals surface area (Å²) in [5.74, 6) is -1.26. The molecule has 3 aromatic rings. The second-order valence-electron chi connectivity index (χ2n) is 5.51. The third-order valence-corrected chi connectivity index (χ3v) is 5.40. The number of hydrogen-bond donors (Lipinski definition) is 0. The number of nitro benzene ring substituents is 1. The number of para-hydroxylation sites is 2. The van der Waals surface area contributed by atoms with Gasteiger partial charge in [0, 0.05) is 17.8 Å². The fourth-order valence-corrected chi connectivity index (χ4v) is 4.00. The summed E-state index contributed by atoms with van der Waals surface area (Å²) in [5.41, 5.74) is 0.183. The van der Waals surface area contributed by atoms with Gasteiger partial charge in [-0.05, 0) is 18.2 Å². The molecule has 0 N–H and O–H groups in total. The van der Waals surface area contributed by atoms with E-state index in [2.05, 4.69) is 0 Å². The molecule has 1 aromatic heterocycles. The van der Waals surface area contributed by atoms with E-state index in [1.165, 1.54) is 41.1 Å². The van der Waals surface area contributed by atoms with E-state index >= 15 is 0 Å². The van der Waals surface area contributed by atoms with Crippen molar-refractivity contribution in [2.75, 3.05) is 5.75 Å². The molecule has 2 aromatic carbocycles. The van der Waals surface area contributed by atoms with Crippen molar-refractivity contribution in [2.45, 2.75) is 5.03 Å². The topological polar surface area (TPSA) is 99.3 Å². The van der Waals surface area contributed by atoms with Gasteiger partial charge < -0.3 is 4.57 Å². The van der Waals surface area contributed by atoms with E-state index in [4.69, 9.17) is 0 Å². The van der Waals surface area contributed by atoms with E-state index in [9.17, 15) is 23.3 Å². The van der Waals surface area contributed by atoms with E-state index in [0.717, 1.165) is 0 Å². The largest absolute Gasteiger partial charge is 0.302 e. The molecule has 0 aliphatic heterocycles. The first-order chi connectivity index (χ1) is 12.4. The zero-order valence-electron chi connectivity index (χ0n) is 13.5. The van der Waals surface area contributed by atoms with Gasteiger partial charge in [0.1, 0.15) is 16.5 Å². The number of hydrogen-bond acceptors (Lipinski definition) is 5. The Labute approximate surface area is 149 Å². The van der Waals surface area contributed by atoms with Crippen LogP contribution in [0.5, 0.6) is 0 Å². The maximum Gasteiger partial charge on any atom is 0.293 e. The maximum atomic E-state index is 12.7. The highest BCUT2D eigenvalue weighted by molar-refractivity contribution is 7.92. The van der Waals surface area contributed by atoms with Crippen LogP contribution in [0.3, 0.4) is 0 Å². The number of rotatable bonds is 6. The van der Waals surface area contributed by atoms with E-state index < -0.39 is 26.3 Å². The van der Waals surface area contributed by atoms with Crippen LogP contribution in [0.2, 0.25) is 0 Å². The molecule has 0 atom stereocenters. The molecule has 0 radical (unpaired) electrons. The first kappa shape index (κ1) is 17.6. The lowest BCUT2D eigenvalue weighted by atomic mass is 10.2. The molecule has 3 rings (SSSR count). The molecule has 0 unspecified atom stereocenters. The van der Waals surface area contributed by atoms with Gasteiger partial charge in [0.05, 0.1) is 4.92 Å². The Balaban J connectivity index is 2.00. The van der Waals surface area contributed by atoms with Crippen LogP contribution in [0.15, 0.2) is 78.0 Å². The van der Waals surface area contributed by atoms with Crippen molar-refractivity contribution < 1.29 is 18.1 Å². The number of nitro groups is 1. The zero-order chi connectivity index (χ0) is 18.7. The molecule has 0 saturated carbocycles. The summed E-state index contributed by atoms with van der Waals surface area (Å²) < 4.78 is 26.7. The maximum absolute atomic E-state index is 12.7. The lowest BCUT2D eigenvalue weighted by Gasteiger charge is -2.10. The summed E-state index contributed by atoms with van der Waals surface area (Å²) in [6.45, 7) is 0. The number of carbonyl (C=O) groups excluding carboxylic acids is 1. The summed E-state index contributed by atoms with van der Waals surface area (Å²) in [7, 11) is -3.99. The second-order valence-corrected chi connectivity index (χ2v) is 7.45. The predicted octanol–water partition coefficient (Wildman–Crippen LogP) is 3.04. The molecule has 0 spiro atoms. The number of carbonyl (C=O) groups is 1. The van der Waals surface area contributed by atoms with Crippen molar-refractivity contribution in [1.82, 2.24) is 4.57 Å². The Kier molecular flexibility index (Phi) is 4.68. The third-order valence-electron chi connectivity index (χ3n) is 3.78. The molecule has 0 aliphatic carbocycles. The number of aromatic nitrogens is 1. The average Bonchev–Trinajstić information content (AvgIpc) is 3.13. The molecule has 0 saturated heterocycles. The smallest absolute Gasteiger partial charge is 0.293 e. The molecule has 132 valence electrons. The lowest BCUT2D eigenvalue weighted by Crippen LogP contribution is -2.19. The van der Waals surface area contributed by atoms with Gasteiger partial charge in [-0.15, -0.1) is 0 Å². The fourth-order valence-electron chi connectivity index (χ4n) is 2.59. The minimum absolute atomic E-state index is 0.119. The van der Waals surface area contributed by atoms with E-state index in [-0.39, 0.29) is 16.4 Å². The second kappa shape index (κ2) is 6.93. The molecule has 7 nitrogen and oxygen atoms in total. The molecule has 0 amide bonds. The Morgan fingerprint density at radius 3 is 2.31 bits per heavy atom. The molecular weight excluding hydrogens is 356 g/mol. The van der Waals surface area contributed by atoms with Crippen LogP contribution >= 0.6 is 0 Å². The molecule has 26 heavy (non-hydrogen) atoms. The fraction of sp³-hybridized carbons (Fsp3) is 0.0556. The van der Waals surface area contributed by atoms with Crippen LogP contribution in [-0.4, -0.2) is 29.4 Å². The third kappa shape index (κ3) is 3.40. The van der Waals surface area contributed by atoms with Gasteiger partial charge in [-0.1, -0.05) is 42.5 Å². The molecule has 1 heterocycles. The van der Waals surface area contributed by atoms with Crippen LogP contribution in [0.4, 0.5) is 5.69 Å². The van der Waals surface area contributed by atoms with Gasteiger partial charge in [0.15, 0.2) is 5.78 Å². The first-order valence-corrected chi connectivity index (χ1v) is 9.27. The van der Waals surface area contributed by atoms with Crippen molar-refractivity contribution in [3.05, 3.63) is 88.6 Å².